The summed E-state index contributed by atoms with van der Waals surface area (Å²) in [7, 11) is 0. The van der Waals surface area contributed by atoms with Crippen LogP contribution >= 0.6 is 0 Å². The van der Waals surface area contributed by atoms with Gasteiger partial charge in [0.05, 0.1) is 12.0 Å². The molecule has 3 aromatic rings. The summed E-state index contributed by atoms with van der Waals surface area (Å²) in [5.41, 5.74) is 0.270. The summed E-state index contributed by atoms with van der Waals surface area (Å²) in [4.78, 5) is 15.7. The van der Waals surface area contributed by atoms with Crippen molar-refractivity contribution in [1.29, 1.82) is 0 Å². The predicted octanol–water partition coefficient (Wildman–Crippen LogP) is 3.76. The van der Waals surface area contributed by atoms with Crippen LogP contribution in [0.1, 0.15) is 5.76 Å². The Kier molecular flexibility index (Phi) is 3.65. The molecule has 0 aliphatic heterocycles. The molecule has 0 saturated heterocycles. The lowest BCUT2D eigenvalue weighted by molar-refractivity contribution is -0.111. The van der Waals surface area contributed by atoms with E-state index in [0.29, 0.717) is 5.76 Å². The zero-order valence-electron chi connectivity index (χ0n) is 11.2. The summed E-state index contributed by atoms with van der Waals surface area (Å²) in [5, 5.41) is 2.76. The van der Waals surface area contributed by atoms with Gasteiger partial charge in [0.1, 0.15) is 17.1 Å². The predicted molar refractivity (Wildman–Crippen MR) is 78.0 cm³/mol. The van der Waals surface area contributed by atoms with E-state index >= 15 is 0 Å². The van der Waals surface area contributed by atoms with E-state index < -0.39 is 17.5 Å². The second kappa shape index (κ2) is 5.77. The molecule has 0 aliphatic rings. The highest BCUT2D eigenvalue weighted by Gasteiger charge is 2.10. The topological polar surface area (TPSA) is 55.1 Å². The lowest BCUT2D eigenvalue weighted by atomic mass is 10.1. The van der Waals surface area contributed by atoms with Gasteiger partial charge in [-0.15, -0.1) is 0 Å². The molecule has 0 spiro atoms. The highest BCUT2D eigenvalue weighted by molar-refractivity contribution is 6.06. The van der Waals surface area contributed by atoms with Crippen molar-refractivity contribution in [2.75, 3.05) is 5.32 Å². The monoisotopic (exact) mass is 300 g/mol. The van der Waals surface area contributed by atoms with Crippen LogP contribution in [0.15, 0.2) is 53.3 Å². The molecule has 0 bridgehead atoms. The number of pyridine rings is 1. The van der Waals surface area contributed by atoms with Gasteiger partial charge in [-0.2, -0.15) is 0 Å². The molecule has 0 fully saturated rings. The van der Waals surface area contributed by atoms with Gasteiger partial charge in [-0.3, -0.25) is 9.78 Å². The lowest BCUT2D eigenvalue weighted by Gasteiger charge is -2.07. The molecule has 0 aliphatic carbocycles. The molecule has 0 saturated carbocycles. The van der Waals surface area contributed by atoms with Crippen molar-refractivity contribution in [2.24, 2.45) is 0 Å². The van der Waals surface area contributed by atoms with E-state index in [1.807, 2.05) is 0 Å². The van der Waals surface area contributed by atoms with Crippen LogP contribution in [0.4, 0.5) is 14.5 Å². The minimum atomic E-state index is -0.780. The molecule has 0 atom stereocenters. The number of nitrogens with zero attached hydrogens (tertiary/aromatic N) is 1. The van der Waals surface area contributed by atoms with Crippen molar-refractivity contribution >= 4 is 28.6 Å². The van der Waals surface area contributed by atoms with Crippen LogP contribution in [0.2, 0.25) is 0 Å². The summed E-state index contributed by atoms with van der Waals surface area (Å²) in [6.07, 6.45) is 5.58. The summed E-state index contributed by atoms with van der Waals surface area (Å²) >= 11 is 0. The summed E-state index contributed by atoms with van der Waals surface area (Å²) < 4.78 is 32.1. The molecule has 110 valence electrons. The second-order valence-electron chi connectivity index (χ2n) is 4.48. The first kappa shape index (κ1) is 13.9. The van der Waals surface area contributed by atoms with Crippen molar-refractivity contribution in [3.8, 4) is 0 Å². The van der Waals surface area contributed by atoms with Gasteiger partial charge in [0.2, 0.25) is 5.91 Å². The fourth-order valence-electron chi connectivity index (χ4n) is 2.01. The van der Waals surface area contributed by atoms with Gasteiger partial charge in [-0.1, -0.05) is 0 Å². The number of carbonyl (C=O) groups excluding carboxylic acids is 1. The van der Waals surface area contributed by atoms with Crippen molar-refractivity contribution in [2.45, 2.75) is 0 Å². The molecule has 6 heteroatoms. The van der Waals surface area contributed by atoms with Crippen LogP contribution in [0.3, 0.4) is 0 Å². The third-order valence-corrected chi connectivity index (χ3v) is 2.96. The normalized spacial score (nSPS) is 11.2. The Morgan fingerprint density at radius 3 is 2.91 bits per heavy atom. The number of fused-ring (bicyclic) bond motifs is 1. The van der Waals surface area contributed by atoms with Gasteiger partial charge in [0.25, 0.3) is 0 Å². The van der Waals surface area contributed by atoms with Crippen LogP contribution in [-0.2, 0) is 4.79 Å². The van der Waals surface area contributed by atoms with Gasteiger partial charge in [0, 0.05) is 23.7 Å². The third kappa shape index (κ3) is 2.85. The van der Waals surface area contributed by atoms with Crippen LogP contribution in [0, 0.1) is 11.6 Å². The smallest absolute Gasteiger partial charge is 0.248 e. The standard InChI is InChI=1S/C16H10F2N2O2/c17-10-8-12-14(5-6-19-16(12)13(18)9-10)20-15(21)4-3-11-2-1-7-22-11/h1-9H,(H,19,20,21)/b4-3+. The number of amides is 1. The van der Waals surface area contributed by atoms with E-state index in [2.05, 4.69) is 10.3 Å². The van der Waals surface area contributed by atoms with Crippen LogP contribution in [0.5, 0.6) is 0 Å². The molecule has 2 aromatic heterocycles. The Morgan fingerprint density at radius 2 is 2.14 bits per heavy atom. The summed E-state index contributed by atoms with van der Waals surface area (Å²) in [5.74, 6) is -1.45. The number of furan rings is 1. The number of nitrogens with one attached hydrogen (secondary N) is 1. The first-order chi connectivity index (χ1) is 10.6. The Bertz CT molecular complexity index is 858. The number of hydrogen-bond donors (Lipinski definition) is 1. The maximum absolute atomic E-state index is 13.7. The highest BCUT2D eigenvalue weighted by Crippen LogP contribution is 2.24. The Labute approximate surface area is 124 Å². The van der Waals surface area contributed by atoms with E-state index in [1.54, 1.807) is 12.1 Å². The van der Waals surface area contributed by atoms with Gasteiger partial charge in [-0.25, -0.2) is 8.78 Å². The SMILES string of the molecule is O=C(/C=C/c1ccco1)Nc1ccnc2c(F)cc(F)cc12. The maximum atomic E-state index is 13.7. The quantitative estimate of drug-likeness (QED) is 0.749. The number of hydrogen-bond acceptors (Lipinski definition) is 3. The molecule has 4 nitrogen and oxygen atoms in total. The molecule has 2 heterocycles. The average molecular weight is 300 g/mol. The third-order valence-electron chi connectivity index (χ3n) is 2.96. The molecule has 0 radical (unpaired) electrons. The number of halogens is 2. The van der Waals surface area contributed by atoms with E-state index in [4.69, 9.17) is 4.42 Å². The maximum Gasteiger partial charge on any atom is 0.248 e. The Morgan fingerprint density at radius 1 is 1.27 bits per heavy atom. The first-order valence-corrected chi connectivity index (χ1v) is 6.40. The van der Waals surface area contributed by atoms with Crippen LogP contribution in [-0.4, -0.2) is 10.9 Å². The second-order valence-corrected chi connectivity index (χ2v) is 4.48. The number of carbonyl (C=O) groups is 1. The molecule has 22 heavy (non-hydrogen) atoms. The fourth-order valence-corrected chi connectivity index (χ4v) is 2.01. The van der Waals surface area contributed by atoms with Gasteiger partial charge < -0.3 is 9.73 Å². The van der Waals surface area contributed by atoms with E-state index in [9.17, 15) is 13.6 Å². The number of anilines is 1. The van der Waals surface area contributed by atoms with E-state index in [1.165, 1.54) is 30.7 Å². The zero-order valence-corrected chi connectivity index (χ0v) is 11.2. The first-order valence-electron chi connectivity index (χ1n) is 6.40. The average Bonchev–Trinajstić information content (AvgIpc) is 2.99. The molecule has 3 rings (SSSR count). The summed E-state index contributed by atoms with van der Waals surface area (Å²) in [6, 6.07) is 6.73. The molecular formula is C16H10F2N2O2. The van der Waals surface area contributed by atoms with Gasteiger partial charge >= 0.3 is 0 Å². The van der Waals surface area contributed by atoms with Gasteiger partial charge in [-0.05, 0) is 30.3 Å². The minimum absolute atomic E-state index is 0.00536. The number of rotatable bonds is 3. The lowest BCUT2D eigenvalue weighted by Crippen LogP contribution is -2.08. The fraction of sp³-hybridized carbons (Fsp3) is 0. The van der Waals surface area contributed by atoms with Crippen molar-refractivity contribution in [1.82, 2.24) is 4.98 Å². The minimum Gasteiger partial charge on any atom is -0.465 e. The molecule has 1 aromatic carbocycles. The van der Waals surface area contributed by atoms with E-state index in [0.717, 1.165) is 12.1 Å². The zero-order chi connectivity index (χ0) is 15.5. The Balaban J connectivity index is 1.89. The molecule has 0 unspecified atom stereocenters. The van der Waals surface area contributed by atoms with Crippen molar-refractivity contribution in [3.05, 3.63) is 66.3 Å². The van der Waals surface area contributed by atoms with Crippen LogP contribution in [0.25, 0.3) is 17.0 Å². The van der Waals surface area contributed by atoms with Crippen molar-refractivity contribution in [3.63, 3.8) is 0 Å². The molecule has 1 N–H and O–H groups in total. The number of aromatic nitrogens is 1. The highest BCUT2D eigenvalue weighted by atomic mass is 19.1. The van der Waals surface area contributed by atoms with Crippen LogP contribution < -0.4 is 5.32 Å². The molecule has 1 amide bonds. The van der Waals surface area contributed by atoms with E-state index in [-0.39, 0.29) is 16.6 Å². The summed E-state index contributed by atoms with van der Waals surface area (Å²) in [6.45, 7) is 0. The number of benzene rings is 1. The molecular weight excluding hydrogens is 290 g/mol. The largest absolute Gasteiger partial charge is 0.465 e. The Hall–Kier alpha value is -3.02. The van der Waals surface area contributed by atoms with Crippen molar-refractivity contribution < 1.29 is 18.0 Å². The van der Waals surface area contributed by atoms with Gasteiger partial charge in [0.15, 0.2) is 5.82 Å².